The average molecular weight is 226 g/mol. The van der Waals surface area contributed by atoms with E-state index in [1.165, 1.54) is 19.3 Å². The Hall–Kier alpha value is -0.570. The predicted molar refractivity (Wildman–Crippen MR) is 67.0 cm³/mol. The van der Waals surface area contributed by atoms with E-state index < -0.39 is 0 Å². The van der Waals surface area contributed by atoms with Crippen LogP contribution in [0.1, 0.15) is 46.0 Å². The van der Waals surface area contributed by atoms with Crippen LogP contribution in [0.15, 0.2) is 0 Å². The Morgan fingerprint density at radius 3 is 2.75 bits per heavy atom. The van der Waals surface area contributed by atoms with Crippen LogP contribution in [0.4, 0.5) is 0 Å². The van der Waals surface area contributed by atoms with E-state index in [-0.39, 0.29) is 11.8 Å². The van der Waals surface area contributed by atoms with Crippen molar-refractivity contribution >= 4 is 5.91 Å². The third-order valence-electron chi connectivity index (χ3n) is 3.66. The van der Waals surface area contributed by atoms with E-state index in [9.17, 15) is 4.79 Å². The molecule has 0 aromatic carbocycles. The lowest BCUT2D eigenvalue weighted by Crippen LogP contribution is -2.37. The topological polar surface area (TPSA) is 55.1 Å². The van der Waals surface area contributed by atoms with Crippen molar-refractivity contribution in [2.45, 2.75) is 46.0 Å². The van der Waals surface area contributed by atoms with Gasteiger partial charge in [0.1, 0.15) is 0 Å². The lowest BCUT2D eigenvalue weighted by Gasteiger charge is -2.16. The molecule has 3 heteroatoms. The van der Waals surface area contributed by atoms with Crippen molar-refractivity contribution in [2.24, 2.45) is 23.5 Å². The van der Waals surface area contributed by atoms with E-state index in [1.807, 2.05) is 0 Å². The summed E-state index contributed by atoms with van der Waals surface area (Å²) in [7, 11) is 0. The van der Waals surface area contributed by atoms with Crippen molar-refractivity contribution in [1.29, 1.82) is 0 Å². The van der Waals surface area contributed by atoms with Gasteiger partial charge >= 0.3 is 0 Å². The van der Waals surface area contributed by atoms with E-state index in [1.54, 1.807) is 0 Å². The van der Waals surface area contributed by atoms with Crippen LogP contribution >= 0.6 is 0 Å². The highest BCUT2D eigenvalue weighted by Gasteiger charge is 2.23. The van der Waals surface area contributed by atoms with Gasteiger partial charge in [-0.3, -0.25) is 4.79 Å². The molecule has 0 aliphatic heterocycles. The zero-order chi connectivity index (χ0) is 12.0. The molecule has 94 valence electrons. The summed E-state index contributed by atoms with van der Waals surface area (Å²) in [5, 5.41) is 3.06. The normalized spacial score (nSPS) is 26.7. The smallest absolute Gasteiger partial charge is 0.224 e. The molecule has 1 fully saturated rings. The fraction of sp³-hybridized carbons (Fsp3) is 0.923. The van der Waals surface area contributed by atoms with Crippen LogP contribution in [0.5, 0.6) is 0 Å². The molecule has 0 saturated heterocycles. The molecule has 3 unspecified atom stereocenters. The Bertz CT molecular complexity index is 218. The van der Waals surface area contributed by atoms with Gasteiger partial charge in [-0.25, -0.2) is 0 Å². The summed E-state index contributed by atoms with van der Waals surface area (Å²) in [5.41, 5.74) is 5.60. The van der Waals surface area contributed by atoms with E-state index in [4.69, 9.17) is 5.73 Å². The average Bonchev–Trinajstić information content (AvgIpc) is 2.68. The molecule has 1 aliphatic carbocycles. The Labute approximate surface area is 99.2 Å². The summed E-state index contributed by atoms with van der Waals surface area (Å²) in [6, 6.07) is 0. The largest absolute Gasteiger partial charge is 0.356 e. The second-order valence-corrected chi connectivity index (χ2v) is 5.25. The number of hydrogen-bond acceptors (Lipinski definition) is 2. The van der Waals surface area contributed by atoms with Gasteiger partial charge < -0.3 is 11.1 Å². The minimum Gasteiger partial charge on any atom is -0.356 e. The molecule has 1 aliphatic rings. The van der Waals surface area contributed by atoms with Crippen LogP contribution in [0, 0.1) is 17.8 Å². The first-order valence-electron chi connectivity index (χ1n) is 6.65. The Balaban J connectivity index is 2.23. The van der Waals surface area contributed by atoms with Gasteiger partial charge in [-0.15, -0.1) is 0 Å². The molecule has 0 radical (unpaired) electrons. The predicted octanol–water partition coefficient (Wildman–Crippen LogP) is 1.91. The Morgan fingerprint density at radius 1 is 1.50 bits per heavy atom. The molecular weight excluding hydrogens is 200 g/mol. The van der Waals surface area contributed by atoms with Crippen LogP contribution in [-0.4, -0.2) is 19.0 Å². The summed E-state index contributed by atoms with van der Waals surface area (Å²) in [5.74, 6) is 1.70. The summed E-state index contributed by atoms with van der Waals surface area (Å²) >= 11 is 0. The Kier molecular flexibility index (Phi) is 5.81. The molecule has 3 nitrogen and oxygen atoms in total. The summed E-state index contributed by atoms with van der Waals surface area (Å²) in [6.45, 7) is 5.71. The van der Waals surface area contributed by atoms with Gasteiger partial charge in [0.05, 0.1) is 5.92 Å². The molecule has 0 spiro atoms. The van der Waals surface area contributed by atoms with E-state index >= 15 is 0 Å². The van der Waals surface area contributed by atoms with Gasteiger partial charge in [-0.2, -0.15) is 0 Å². The Morgan fingerprint density at radius 2 is 2.25 bits per heavy atom. The van der Waals surface area contributed by atoms with Gasteiger partial charge in [0.2, 0.25) is 5.91 Å². The molecule has 0 heterocycles. The summed E-state index contributed by atoms with van der Waals surface area (Å²) < 4.78 is 0. The maximum absolute atomic E-state index is 11.8. The van der Waals surface area contributed by atoms with Crippen LogP contribution in [0.25, 0.3) is 0 Å². The first-order valence-corrected chi connectivity index (χ1v) is 6.65. The zero-order valence-corrected chi connectivity index (χ0v) is 10.7. The van der Waals surface area contributed by atoms with Crippen LogP contribution in [-0.2, 0) is 4.79 Å². The van der Waals surface area contributed by atoms with Crippen molar-refractivity contribution in [1.82, 2.24) is 5.32 Å². The maximum Gasteiger partial charge on any atom is 0.224 e. The number of nitrogens with two attached hydrogens (primary N) is 1. The summed E-state index contributed by atoms with van der Waals surface area (Å²) in [4.78, 5) is 11.8. The molecular formula is C13H26N2O. The molecule has 0 aromatic rings. The molecule has 0 bridgehead atoms. The minimum atomic E-state index is 0.0174. The van der Waals surface area contributed by atoms with Crippen molar-refractivity contribution in [3.05, 3.63) is 0 Å². The minimum absolute atomic E-state index is 0.0174. The maximum atomic E-state index is 11.8. The van der Waals surface area contributed by atoms with Crippen LogP contribution < -0.4 is 11.1 Å². The quantitative estimate of drug-likeness (QED) is 0.727. The molecule has 1 amide bonds. The molecule has 3 atom stereocenters. The van der Waals surface area contributed by atoms with Gasteiger partial charge in [-0.05, 0) is 31.1 Å². The van der Waals surface area contributed by atoms with E-state index in [0.29, 0.717) is 12.5 Å². The monoisotopic (exact) mass is 226 g/mol. The molecule has 3 N–H and O–H groups in total. The fourth-order valence-corrected chi connectivity index (χ4v) is 2.60. The number of carbonyl (C=O) groups excluding carboxylic acids is 1. The van der Waals surface area contributed by atoms with Crippen molar-refractivity contribution < 1.29 is 4.79 Å². The SMILES string of the molecule is CCCC(CN)C(=O)NCC1CCC(C)C1. The lowest BCUT2D eigenvalue weighted by atomic mass is 10.0. The molecule has 1 saturated carbocycles. The van der Waals surface area contributed by atoms with Gasteiger partial charge in [-0.1, -0.05) is 26.7 Å². The van der Waals surface area contributed by atoms with Crippen molar-refractivity contribution in [3.8, 4) is 0 Å². The van der Waals surface area contributed by atoms with Gasteiger partial charge in [0.25, 0.3) is 0 Å². The van der Waals surface area contributed by atoms with Crippen LogP contribution in [0.2, 0.25) is 0 Å². The first-order chi connectivity index (χ1) is 7.67. The second-order valence-electron chi connectivity index (χ2n) is 5.25. The zero-order valence-electron chi connectivity index (χ0n) is 10.7. The highest BCUT2D eigenvalue weighted by molar-refractivity contribution is 5.78. The highest BCUT2D eigenvalue weighted by Crippen LogP contribution is 2.29. The molecule has 0 aromatic heterocycles. The van der Waals surface area contributed by atoms with Crippen molar-refractivity contribution in [3.63, 3.8) is 0 Å². The molecule has 16 heavy (non-hydrogen) atoms. The first kappa shape index (κ1) is 13.5. The number of rotatable bonds is 6. The number of nitrogens with one attached hydrogen (secondary N) is 1. The number of carbonyl (C=O) groups is 1. The number of hydrogen-bond donors (Lipinski definition) is 2. The highest BCUT2D eigenvalue weighted by atomic mass is 16.1. The third-order valence-corrected chi connectivity index (χ3v) is 3.66. The summed E-state index contributed by atoms with van der Waals surface area (Å²) in [6.07, 6.45) is 5.78. The standard InChI is InChI=1S/C13H26N2O/c1-3-4-12(8-14)13(16)15-9-11-6-5-10(2)7-11/h10-12H,3-9,14H2,1-2H3,(H,15,16). The molecule has 1 rings (SSSR count). The number of amides is 1. The fourth-order valence-electron chi connectivity index (χ4n) is 2.60. The second kappa shape index (κ2) is 6.89. The van der Waals surface area contributed by atoms with E-state index in [2.05, 4.69) is 19.2 Å². The third kappa shape index (κ3) is 4.12. The van der Waals surface area contributed by atoms with Crippen molar-refractivity contribution in [2.75, 3.05) is 13.1 Å². The van der Waals surface area contributed by atoms with Gasteiger partial charge in [0, 0.05) is 13.1 Å². The van der Waals surface area contributed by atoms with Crippen LogP contribution in [0.3, 0.4) is 0 Å². The van der Waals surface area contributed by atoms with E-state index in [0.717, 1.165) is 25.3 Å². The lowest BCUT2D eigenvalue weighted by molar-refractivity contribution is -0.125. The van der Waals surface area contributed by atoms with Gasteiger partial charge in [0.15, 0.2) is 0 Å².